The van der Waals surface area contributed by atoms with Gasteiger partial charge in [0.15, 0.2) is 6.04 Å². The Bertz CT molecular complexity index is 1180. The third-order valence-electron chi connectivity index (χ3n) is 5.75. The second-order valence-electron chi connectivity index (χ2n) is 8.71. The van der Waals surface area contributed by atoms with E-state index in [0.717, 1.165) is 28.0 Å². The monoisotopic (exact) mass is 447 g/mol. The van der Waals surface area contributed by atoms with E-state index in [4.69, 9.17) is 9.73 Å². The fraction of sp³-hybridized carbons (Fsp3) is 0.161. The molecular formula is C31H29NO2. The minimum absolute atomic E-state index is 0.345. The number of hydrogen-bond acceptors (Lipinski definition) is 3. The summed E-state index contributed by atoms with van der Waals surface area (Å²) in [7, 11) is 0. The van der Waals surface area contributed by atoms with Crippen LogP contribution in [0, 0.1) is 0 Å². The molecule has 34 heavy (non-hydrogen) atoms. The van der Waals surface area contributed by atoms with Crippen LogP contribution in [0.25, 0.3) is 0 Å². The van der Waals surface area contributed by atoms with Gasteiger partial charge in [-0.3, -0.25) is 4.99 Å². The summed E-state index contributed by atoms with van der Waals surface area (Å²) in [6.07, 6.45) is 0.452. The molecule has 0 aromatic heterocycles. The van der Waals surface area contributed by atoms with E-state index in [9.17, 15) is 4.79 Å². The second kappa shape index (κ2) is 10.8. The van der Waals surface area contributed by atoms with Crippen molar-refractivity contribution in [3.05, 3.63) is 144 Å². The minimum atomic E-state index is -0.775. The van der Waals surface area contributed by atoms with Gasteiger partial charge < -0.3 is 4.74 Å². The topological polar surface area (TPSA) is 38.7 Å². The average molecular weight is 448 g/mol. The van der Waals surface area contributed by atoms with E-state index in [1.807, 2.05) is 135 Å². The summed E-state index contributed by atoms with van der Waals surface area (Å²) in [5, 5.41) is 0. The molecule has 0 spiro atoms. The summed E-state index contributed by atoms with van der Waals surface area (Å²) in [5.74, 6) is -0.345. The van der Waals surface area contributed by atoms with Gasteiger partial charge in [0, 0.05) is 17.5 Å². The van der Waals surface area contributed by atoms with E-state index in [2.05, 4.69) is 0 Å². The molecule has 4 rings (SSSR count). The summed E-state index contributed by atoms with van der Waals surface area (Å²) in [6, 6.07) is 39.0. The number of esters is 1. The van der Waals surface area contributed by atoms with E-state index in [1.165, 1.54) is 0 Å². The number of carbonyl (C=O) groups excluding carboxylic acids is 1. The van der Waals surface area contributed by atoms with Crippen molar-refractivity contribution in [2.45, 2.75) is 31.9 Å². The maximum Gasteiger partial charge on any atom is 0.332 e. The Morgan fingerprint density at radius 2 is 1.15 bits per heavy atom. The second-order valence-corrected chi connectivity index (χ2v) is 8.71. The first-order chi connectivity index (χ1) is 16.5. The largest absolute Gasteiger partial charge is 0.453 e. The molecule has 0 bridgehead atoms. The Morgan fingerprint density at radius 1 is 0.706 bits per heavy atom. The van der Waals surface area contributed by atoms with Crippen molar-refractivity contribution in [1.82, 2.24) is 0 Å². The number of carbonyl (C=O) groups is 1. The predicted octanol–water partition coefficient (Wildman–Crippen LogP) is 6.61. The van der Waals surface area contributed by atoms with Crippen LogP contribution < -0.4 is 0 Å². The Labute approximate surface area is 201 Å². The van der Waals surface area contributed by atoms with Gasteiger partial charge in [0.2, 0.25) is 0 Å². The molecule has 1 atom stereocenters. The van der Waals surface area contributed by atoms with E-state index in [-0.39, 0.29) is 5.97 Å². The maximum atomic E-state index is 13.6. The Morgan fingerprint density at radius 3 is 1.65 bits per heavy atom. The lowest BCUT2D eigenvalue weighted by Gasteiger charge is -2.27. The number of rotatable bonds is 8. The summed E-state index contributed by atoms with van der Waals surface area (Å²) in [6.45, 7) is 3.83. The highest BCUT2D eigenvalue weighted by Gasteiger charge is 2.30. The van der Waals surface area contributed by atoms with Gasteiger partial charge in [-0.15, -0.1) is 0 Å². The molecule has 0 unspecified atom stereocenters. The van der Waals surface area contributed by atoms with E-state index >= 15 is 0 Å². The quantitative estimate of drug-likeness (QED) is 0.225. The van der Waals surface area contributed by atoms with E-state index in [1.54, 1.807) is 0 Å². The zero-order valence-electron chi connectivity index (χ0n) is 19.6. The molecule has 3 heteroatoms. The van der Waals surface area contributed by atoms with E-state index < -0.39 is 11.6 Å². The standard InChI is InChI=1S/C31H29NO2/c1-31(2,27-21-13-6-14-22-27)34-30(33)28(23-24-15-7-3-8-16-24)32-29(25-17-9-4-10-18-25)26-19-11-5-12-20-26/h3-22,28H,23H2,1-2H3/t28-/m0/s1. The molecule has 170 valence electrons. The minimum Gasteiger partial charge on any atom is -0.453 e. The van der Waals surface area contributed by atoms with Crippen LogP contribution in [0.5, 0.6) is 0 Å². The van der Waals surface area contributed by atoms with Gasteiger partial charge in [-0.2, -0.15) is 0 Å². The van der Waals surface area contributed by atoms with Crippen molar-refractivity contribution in [3.8, 4) is 0 Å². The van der Waals surface area contributed by atoms with Crippen molar-refractivity contribution < 1.29 is 9.53 Å². The molecule has 4 aromatic carbocycles. The van der Waals surface area contributed by atoms with Crippen LogP contribution in [0.4, 0.5) is 0 Å². The third kappa shape index (κ3) is 5.87. The molecule has 0 radical (unpaired) electrons. The SMILES string of the molecule is CC(C)(OC(=O)[C@H](Cc1ccccc1)N=C(c1ccccc1)c1ccccc1)c1ccccc1. The highest BCUT2D eigenvalue weighted by Crippen LogP contribution is 2.26. The molecule has 0 fully saturated rings. The highest BCUT2D eigenvalue weighted by atomic mass is 16.6. The summed E-state index contributed by atoms with van der Waals surface area (Å²) >= 11 is 0. The fourth-order valence-corrected chi connectivity index (χ4v) is 3.90. The fourth-order valence-electron chi connectivity index (χ4n) is 3.90. The predicted molar refractivity (Wildman–Crippen MR) is 138 cm³/mol. The zero-order valence-corrected chi connectivity index (χ0v) is 19.6. The third-order valence-corrected chi connectivity index (χ3v) is 5.75. The average Bonchev–Trinajstić information content (AvgIpc) is 2.88. The number of nitrogens with zero attached hydrogens (tertiary/aromatic N) is 1. The van der Waals surface area contributed by atoms with Crippen LogP contribution in [0.1, 0.15) is 36.1 Å². The molecule has 0 aliphatic rings. The van der Waals surface area contributed by atoms with Gasteiger partial charge in [0.25, 0.3) is 0 Å². The molecule has 0 heterocycles. The van der Waals surface area contributed by atoms with Gasteiger partial charge in [0.05, 0.1) is 5.71 Å². The Balaban J connectivity index is 1.74. The van der Waals surface area contributed by atoms with Crippen LogP contribution >= 0.6 is 0 Å². The van der Waals surface area contributed by atoms with E-state index in [0.29, 0.717) is 6.42 Å². The zero-order chi connectivity index (χ0) is 23.8. The van der Waals surface area contributed by atoms with Crippen LogP contribution in [0.2, 0.25) is 0 Å². The van der Waals surface area contributed by atoms with Crippen LogP contribution in [-0.4, -0.2) is 17.7 Å². The lowest BCUT2D eigenvalue weighted by Crippen LogP contribution is -2.33. The maximum absolute atomic E-state index is 13.6. The Kier molecular flexibility index (Phi) is 7.34. The summed E-state index contributed by atoms with van der Waals surface area (Å²) in [5.41, 5.74) is 3.89. The van der Waals surface area contributed by atoms with Gasteiger partial charge in [-0.05, 0) is 25.0 Å². The summed E-state index contributed by atoms with van der Waals surface area (Å²) in [4.78, 5) is 18.6. The van der Waals surface area contributed by atoms with Crippen molar-refractivity contribution in [1.29, 1.82) is 0 Å². The first-order valence-electron chi connectivity index (χ1n) is 11.5. The number of ether oxygens (including phenoxy) is 1. The van der Waals surface area contributed by atoms with Crippen LogP contribution in [0.15, 0.2) is 126 Å². The molecule has 0 N–H and O–H groups in total. The first-order valence-corrected chi connectivity index (χ1v) is 11.5. The lowest BCUT2D eigenvalue weighted by molar-refractivity contribution is -0.159. The molecule has 4 aromatic rings. The van der Waals surface area contributed by atoms with Gasteiger partial charge in [-0.1, -0.05) is 121 Å². The van der Waals surface area contributed by atoms with Gasteiger partial charge in [0.1, 0.15) is 5.60 Å². The lowest BCUT2D eigenvalue weighted by atomic mass is 9.97. The Hall–Kier alpha value is -3.98. The first kappa shape index (κ1) is 23.2. The summed E-state index contributed by atoms with van der Waals surface area (Å²) < 4.78 is 6.08. The van der Waals surface area contributed by atoms with Crippen LogP contribution in [0.3, 0.4) is 0 Å². The van der Waals surface area contributed by atoms with Crippen molar-refractivity contribution in [3.63, 3.8) is 0 Å². The van der Waals surface area contributed by atoms with Crippen molar-refractivity contribution >= 4 is 11.7 Å². The van der Waals surface area contributed by atoms with Gasteiger partial charge in [-0.25, -0.2) is 4.79 Å². The molecule has 0 amide bonds. The number of hydrogen-bond donors (Lipinski definition) is 0. The molecular weight excluding hydrogens is 418 g/mol. The highest BCUT2D eigenvalue weighted by molar-refractivity contribution is 6.13. The van der Waals surface area contributed by atoms with Crippen LogP contribution in [-0.2, 0) is 21.6 Å². The molecule has 0 aliphatic carbocycles. The number of benzene rings is 4. The smallest absolute Gasteiger partial charge is 0.332 e. The van der Waals surface area contributed by atoms with Gasteiger partial charge >= 0.3 is 5.97 Å². The molecule has 3 nitrogen and oxygen atoms in total. The molecule has 0 saturated heterocycles. The van der Waals surface area contributed by atoms with Crippen molar-refractivity contribution in [2.75, 3.05) is 0 Å². The number of aliphatic imine (C=N–C) groups is 1. The van der Waals surface area contributed by atoms with Crippen molar-refractivity contribution in [2.24, 2.45) is 4.99 Å². The molecule has 0 saturated carbocycles. The normalized spacial score (nSPS) is 11.9. The molecule has 0 aliphatic heterocycles.